The average Bonchev–Trinajstić information content (AvgIpc) is 2.87. The number of imide groups is 1. The first-order chi connectivity index (χ1) is 12.7. The predicted octanol–water partition coefficient (Wildman–Crippen LogP) is 0.703. The Morgan fingerprint density at radius 2 is 1.63 bits per heavy atom. The molecule has 0 saturated carbocycles. The van der Waals surface area contributed by atoms with Crippen molar-refractivity contribution in [2.45, 2.75) is 4.90 Å². The molecule has 2 amide bonds. The van der Waals surface area contributed by atoms with E-state index < -0.39 is 27.5 Å². The number of hydrogen-bond donors (Lipinski definition) is 3. The van der Waals surface area contributed by atoms with Gasteiger partial charge in [-0.25, -0.2) is 0 Å². The number of carbonyl (C=O) groups is 2. The maximum absolute atomic E-state index is 12.6. The second kappa shape index (κ2) is 5.50. The van der Waals surface area contributed by atoms with Crippen molar-refractivity contribution in [1.29, 1.82) is 0 Å². The van der Waals surface area contributed by atoms with Gasteiger partial charge in [-0.2, -0.15) is 8.42 Å². The molecule has 1 aliphatic rings. The number of nitrogens with two attached hydrogens (primary N) is 1. The Kier molecular flexibility index (Phi) is 3.45. The molecule has 4 N–H and O–H groups in total. The lowest BCUT2D eigenvalue weighted by atomic mass is 10.1. The molecule has 0 radical (unpaired) electrons. The molecule has 10 heteroatoms. The maximum atomic E-state index is 12.6. The van der Waals surface area contributed by atoms with E-state index in [0.29, 0.717) is 5.39 Å². The van der Waals surface area contributed by atoms with Crippen LogP contribution in [0.2, 0.25) is 0 Å². The van der Waals surface area contributed by atoms with Gasteiger partial charge in [0.25, 0.3) is 27.5 Å². The Bertz CT molecular complexity index is 1340. The predicted molar refractivity (Wildman–Crippen MR) is 95.6 cm³/mol. The number of pyridine rings is 1. The molecule has 1 aliphatic heterocycles. The SMILES string of the molecule is Nc1c2c(cc(=O)n1-c1cccc3c(S(=O)(=O)O)cccc13)C(=O)NC2=O. The van der Waals surface area contributed by atoms with Crippen LogP contribution in [0.15, 0.2) is 52.2 Å². The highest BCUT2D eigenvalue weighted by molar-refractivity contribution is 7.86. The molecule has 0 unspecified atom stereocenters. The summed E-state index contributed by atoms with van der Waals surface area (Å²) in [5.41, 5.74) is 5.32. The molecule has 0 saturated heterocycles. The molecular formula is C17H11N3O6S. The number of nitrogens with one attached hydrogen (secondary N) is 1. The Morgan fingerprint density at radius 3 is 2.33 bits per heavy atom. The third-order valence-electron chi connectivity index (χ3n) is 4.33. The lowest BCUT2D eigenvalue weighted by molar-refractivity contribution is 0.0880. The zero-order valence-electron chi connectivity index (χ0n) is 13.5. The van der Waals surface area contributed by atoms with E-state index in [1.165, 1.54) is 30.3 Å². The zero-order chi connectivity index (χ0) is 19.5. The minimum absolute atomic E-state index is 0.113. The third kappa shape index (κ3) is 2.42. The summed E-state index contributed by atoms with van der Waals surface area (Å²) in [6, 6.07) is 9.63. The Balaban J connectivity index is 2.12. The Morgan fingerprint density at radius 1 is 0.963 bits per heavy atom. The van der Waals surface area contributed by atoms with Crippen molar-refractivity contribution in [2.75, 3.05) is 5.73 Å². The first-order valence-electron chi connectivity index (χ1n) is 7.61. The van der Waals surface area contributed by atoms with Gasteiger partial charge in [0.05, 0.1) is 16.8 Å². The number of anilines is 1. The molecule has 4 rings (SSSR count). The lowest BCUT2D eigenvalue weighted by Gasteiger charge is -2.15. The summed E-state index contributed by atoms with van der Waals surface area (Å²) >= 11 is 0. The van der Waals surface area contributed by atoms with E-state index in [4.69, 9.17) is 5.73 Å². The zero-order valence-corrected chi connectivity index (χ0v) is 14.3. The Labute approximate surface area is 151 Å². The van der Waals surface area contributed by atoms with Gasteiger partial charge in [0.2, 0.25) is 0 Å². The third-order valence-corrected chi connectivity index (χ3v) is 5.24. The quantitative estimate of drug-likeness (QED) is 0.434. The van der Waals surface area contributed by atoms with Gasteiger partial charge in [-0.3, -0.25) is 28.8 Å². The van der Waals surface area contributed by atoms with Crippen molar-refractivity contribution in [3.63, 3.8) is 0 Å². The first kappa shape index (κ1) is 16.9. The monoisotopic (exact) mass is 385 g/mol. The largest absolute Gasteiger partial charge is 0.384 e. The fraction of sp³-hybridized carbons (Fsp3) is 0. The number of nitrogens with zero attached hydrogens (tertiary/aromatic N) is 1. The van der Waals surface area contributed by atoms with Gasteiger partial charge >= 0.3 is 0 Å². The van der Waals surface area contributed by atoms with Crippen LogP contribution in [0.5, 0.6) is 0 Å². The lowest BCUT2D eigenvalue weighted by Crippen LogP contribution is -2.24. The maximum Gasteiger partial charge on any atom is 0.295 e. The van der Waals surface area contributed by atoms with Crippen molar-refractivity contribution >= 4 is 38.5 Å². The topological polar surface area (TPSA) is 149 Å². The number of benzene rings is 2. The van der Waals surface area contributed by atoms with E-state index in [0.717, 1.165) is 10.6 Å². The van der Waals surface area contributed by atoms with E-state index in [2.05, 4.69) is 5.32 Å². The van der Waals surface area contributed by atoms with Gasteiger partial charge in [-0.15, -0.1) is 0 Å². The minimum Gasteiger partial charge on any atom is -0.384 e. The van der Waals surface area contributed by atoms with Crippen LogP contribution in [-0.2, 0) is 10.1 Å². The van der Waals surface area contributed by atoms with Crippen LogP contribution in [0.1, 0.15) is 20.7 Å². The van der Waals surface area contributed by atoms with Crippen LogP contribution < -0.4 is 16.6 Å². The number of aromatic nitrogens is 1. The minimum atomic E-state index is -4.50. The molecule has 3 aromatic rings. The van der Waals surface area contributed by atoms with E-state index in [-0.39, 0.29) is 32.9 Å². The van der Waals surface area contributed by atoms with Crippen LogP contribution in [-0.4, -0.2) is 29.4 Å². The molecule has 0 fully saturated rings. The molecular weight excluding hydrogens is 374 g/mol. The standard InChI is InChI=1S/C17H11N3O6S/c18-15-14-10(16(22)19-17(14)23)7-13(21)20(15)11-5-1-4-9-8(11)3-2-6-12(9)27(24,25)26/h1-7H,18H2,(H,19,22,23)(H,24,25,26). The second-order valence-electron chi connectivity index (χ2n) is 5.88. The van der Waals surface area contributed by atoms with Crippen molar-refractivity contribution in [1.82, 2.24) is 9.88 Å². The van der Waals surface area contributed by atoms with Crippen molar-refractivity contribution in [3.05, 3.63) is 63.9 Å². The summed E-state index contributed by atoms with van der Waals surface area (Å²) in [4.78, 5) is 36.0. The van der Waals surface area contributed by atoms with Crippen LogP contribution in [0, 0.1) is 0 Å². The number of fused-ring (bicyclic) bond motifs is 2. The molecule has 0 aliphatic carbocycles. The number of carbonyl (C=O) groups excluding carboxylic acids is 2. The van der Waals surface area contributed by atoms with Gasteiger partial charge in [0.15, 0.2) is 0 Å². The molecule has 2 heterocycles. The molecule has 27 heavy (non-hydrogen) atoms. The summed E-state index contributed by atoms with van der Waals surface area (Å²) in [5.74, 6) is -1.68. The number of rotatable bonds is 2. The summed E-state index contributed by atoms with van der Waals surface area (Å²) in [5, 5.41) is 2.56. The van der Waals surface area contributed by atoms with E-state index in [1.807, 2.05) is 0 Å². The molecule has 2 aromatic carbocycles. The van der Waals surface area contributed by atoms with Crippen molar-refractivity contribution in [2.24, 2.45) is 0 Å². The fourth-order valence-corrected chi connectivity index (χ4v) is 3.92. The second-order valence-corrected chi connectivity index (χ2v) is 7.27. The highest BCUT2D eigenvalue weighted by Crippen LogP contribution is 2.30. The van der Waals surface area contributed by atoms with Crippen molar-refractivity contribution in [3.8, 4) is 5.69 Å². The number of amides is 2. The molecule has 136 valence electrons. The summed E-state index contributed by atoms with van der Waals surface area (Å²) in [7, 11) is -4.50. The van der Waals surface area contributed by atoms with Crippen LogP contribution in [0.4, 0.5) is 5.82 Å². The first-order valence-corrected chi connectivity index (χ1v) is 9.05. The molecule has 0 bridgehead atoms. The highest BCUT2D eigenvalue weighted by Gasteiger charge is 2.32. The van der Waals surface area contributed by atoms with E-state index in [1.54, 1.807) is 6.07 Å². The van der Waals surface area contributed by atoms with Gasteiger partial charge < -0.3 is 5.73 Å². The van der Waals surface area contributed by atoms with Crippen LogP contribution in [0.25, 0.3) is 16.5 Å². The van der Waals surface area contributed by atoms with Gasteiger partial charge in [-0.1, -0.05) is 24.3 Å². The smallest absolute Gasteiger partial charge is 0.295 e. The fourth-order valence-electron chi connectivity index (χ4n) is 3.21. The van der Waals surface area contributed by atoms with E-state index in [9.17, 15) is 27.4 Å². The Hall–Kier alpha value is -3.50. The van der Waals surface area contributed by atoms with Gasteiger partial charge in [-0.05, 0) is 12.1 Å². The molecule has 1 aromatic heterocycles. The highest BCUT2D eigenvalue weighted by atomic mass is 32.2. The van der Waals surface area contributed by atoms with Crippen LogP contribution >= 0.6 is 0 Å². The van der Waals surface area contributed by atoms with Gasteiger partial charge in [0, 0.05) is 16.8 Å². The van der Waals surface area contributed by atoms with E-state index >= 15 is 0 Å². The van der Waals surface area contributed by atoms with Crippen molar-refractivity contribution < 1.29 is 22.6 Å². The average molecular weight is 385 g/mol. The molecule has 0 atom stereocenters. The summed E-state index contributed by atoms with van der Waals surface area (Å²) in [6.45, 7) is 0. The summed E-state index contributed by atoms with van der Waals surface area (Å²) in [6.07, 6.45) is 0. The van der Waals surface area contributed by atoms with Gasteiger partial charge in [0.1, 0.15) is 10.7 Å². The summed E-state index contributed by atoms with van der Waals surface area (Å²) < 4.78 is 33.7. The molecule has 9 nitrogen and oxygen atoms in total. The number of nitrogen functional groups attached to an aromatic ring is 1. The normalized spacial score (nSPS) is 13.7. The number of hydrogen-bond acceptors (Lipinski definition) is 6. The molecule has 0 spiro atoms. The van der Waals surface area contributed by atoms with Crippen LogP contribution in [0.3, 0.4) is 0 Å².